The standard InChI is InChI=1S/C8H8O3S/c1-6(9)7-2-4-8(5-3-7)12(10)11/h2-5H,1H3,(H,10,11)/p-1. The van der Waals surface area contributed by atoms with Crippen molar-refractivity contribution in [2.45, 2.75) is 11.8 Å². The summed E-state index contributed by atoms with van der Waals surface area (Å²) in [4.78, 5) is 11.0. The molecule has 1 aromatic carbocycles. The van der Waals surface area contributed by atoms with Crippen LogP contribution in [0.5, 0.6) is 0 Å². The number of carbonyl (C=O) groups is 1. The Morgan fingerprint density at radius 3 is 2.17 bits per heavy atom. The first-order chi connectivity index (χ1) is 5.61. The minimum absolute atomic E-state index is 0.0711. The summed E-state index contributed by atoms with van der Waals surface area (Å²) < 4.78 is 20.8. The molecule has 0 heterocycles. The van der Waals surface area contributed by atoms with Crippen molar-refractivity contribution in [3.8, 4) is 0 Å². The number of rotatable bonds is 2. The van der Waals surface area contributed by atoms with E-state index in [0.29, 0.717) is 5.56 Å². The molecule has 0 aliphatic heterocycles. The molecular formula is C8H7O3S-. The number of hydrogen-bond donors (Lipinski definition) is 0. The Bertz CT molecular complexity index is 283. The molecule has 0 aliphatic rings. The largest absolute Gasteiger partial charge is 0.768 e. The molecule has 0 N–H and O–H groups in total. The van der Waals surface area contributed by atoms with Gasteiger partial charge in [0.25, 0.3) is 0 Å². The highest BCUT2D eigenvalue weighted by Gasteiger charge is 1.97. The van der Waals surface area contributed by atoms with Crippen molar-refractivity contribution in [3.63, 3.8) is 0 Å². The van der Waals surface area contributed by atoms with Gasteiger partial charge < -0.3 is 4.55 Å². The third-order valence-electron chi connectivity index (χ3n) is 1.45. The van der Waals surface area contributed by atoms with Crippen LogP contribution in [0.4, 0.5) is 0 Å². The highest BCUT2D eigenvalue weighted by atomic mass is 32.2. The van der Waals surface area contributed by atoms with E-state index in [-0.39, 0.29) is 10.7 Å². The van der Waals surface area contributed by atoms with Gasteiger partial charge in [0.15, 0.2) is 5.78 Å². The fraction of sp³-hybridized carbons (Fsp3) is 0.125. The Morgan fingerprint density at radius 1 is 1.33 bits per heavy atom. The van der Waals surface area contributed by atoms with Gasteiger partial charge >= 0.3 is 0 Å². The molecule has 0 bridgehead atoms. The maximum atomic E-state index is 10.8. The predicted molar refractivity (Wildman–Crippen MR) is 43.6 cm³/mol. The van der Waals surface area contributed by atoms with Gasteiger partial charge in [-0.3, -0.25) is 9.00 Å². The van der Waals surface area contributed by atoms with Crippen molar-refractivity contribution < 1.29 is 13.6 Å². The minimum Gasteiger partial charge on any atom is -0.768 e. The molecule has 0 saturated heterocycles. The molecule has 0 aliphatic carbocycles. The topological polar surface area (TPSA) is 57.2 Å². The molecule has 0 aromatic heterocycles. The molecule has 0 radical (unpaired) electrons. The fourth-order valence-corrected chi connectivity index (χ4v) is 1.16. The van der Waals surface area contributed by atoms with Crippen LogP contribution in [0.3, 0.4) is 0 Å². The van der Waals surface area contributed by atoms with Crippen LogP contribution in [0, 0.1) is 0 Å². The molecule has 1 unspecified atom stereocenters. The summed E-state index contributed by atoms with van der Waals surface area (Å²) in [6, 6.07) is 5.79. The van der Waals surface area contributed by atoms with Gasteiger partial charge in [0.05, 0.1) is 0 Å². The second-order valence-electron chi connectivity index (χ2n) is 2.32. The lowest BCUT2D eigenvalue weighted by Crippen LogP contribution is -1.93. The van der Waals surface area contributed by atoms with E-state index in [9.17, 15) is 13.6 Å². The third kappa shape index (κ3) is 1.99. The number of carbonyl (C=O) groups excluding carboxylic acids is 1. The summed E-state index contributed by atoms with van der Waals surface area (Å²) in [6.07, 6.45) is 0. The van der Waals surface area contributed by atoms with Crippen LogP contribution in [-0.2, 0) is 11.1 Å². The van der Waals surface area contributed by atoms with Gasteiger partial charge in [0.2, 0.25) is 0 Å². The molecule has 1 atom stereocenters. The zero-order valence-electron chi connectivity index (χ0n) is 6.44. The van der Waals surface area contributed by atoms with E-state index in [0.717, 1.165) is 0 Å². The Labute approximate surface area is 72.7 Å². The molecule has 1 rings (SSSR count). The van der Waals surface area contributed by atoms with Gasteiger partial charge in [-0.15, -0.1) is 0 Å². The zero-order valence-corrected chi connectivity index (χ0v) is 7.26. The molecule has 12 heavy (non-hydrogen) atoms. The number of ketones is 1. The fourth-order valence-electron chi connectivity index (χ4n) is 0.801. The SMILES string of the molecule is CC(=O)c1ccc(S(=O)[O-])cc1. The number of benzene rings is 1. The molecule has 64 valence electrons. The van der Waals surface area contributed by atoms with Crippen LogP contribution in [0.25, 0.3) is 0 Å². The van der Waals surface area contributed by atoms with Crippen LogP contribution in [0.15, 0.2) is 29.2 Å². The highest BCUT2D eigenvalue weighted by Crippen LogP contribution is 2.07. The quantitative estimate of drug-likeness (QED) is 0.510. The molecule has 0 spiro atoms. The third-order valence-corrected chi connectivity index (χ3v) is 2.11. The van der Waals surface area contributed by atoms with Crippen molar-refractivity contribution in [1.29, 1.82) is 0 Å². The van der Waals surface area contributed by atoms with E-state index in [4.69, 9.17) is 0 Å². The van der Waals surface area contributed by atoms with Gasteiger partial charge in [-0.2, -0.15) is 0 Å². The van der Waals surface area contributed by atoms with Gasteiger partial charge in [-0.25, -0.2) is 0 Å². The van der Waals surface area contributed by atoms with Gasteiger partial charge in [-0.1, -0.05) is 12.1 Å². The second kappa shape index (κ2) is 3.60. The van der Waals surface area contributed by atoms with Gasteiger partial charge in [0, 0.05) is 10.5 Å². The van der Waals surface area contributed by atoms with E-state index in [1.165, 1.54) is 31.2 Å². The van der Waals surface area contributed by atoms with Gasteiger partial charge in [-0.05, 0) is 30.1 Å². The first-order valence-electron chi connectivity index (χ1n) is 3.31. The van der Waals surface area contributed by atoms with E-state index < -0.39 is 11.1 Å². The summed E-state index contributed by atoms with van der Waals surface area (Å²) in [6.45, 7) is 1.43. The Hall–Kier alpha value is -1.00. The molecule has 3 nitrogen and oxygen atoms in total. The summed E-state index contributed by atoms with van der Waals surface area (Å²) in [5.41, 5.74) is 0.518. The molecule has 0 fully saturated rings. The second-order valence-corrected chi connectivity index (χ2v) is 3.26. The lowest BCUT2D eigenvalue weighted by Gasteiger charge is -2.04. The number of Topliss-reactive ketones (excluding diaryl/α,β-unsaturated/α-hetero) is 1. The molecule has 4 heteroatoms. The van der Waals surface area contributed by atoms with E-state index in [1.807, 2.05) is 0 Å². The number of hydrogen-bond acceptors (Lipinski definition) is 3. The van der Waals surface area contributed by atoms with Gasteiger partial charge in [0.1, 0.15) is 0 Å². The maximum Gasteiger partial charge on any atom is 0.159 e. The summed E-state index contributed by atoms with van der Waals surface area (Å²) in [5.74, 6) is -0.0711. The smallest absolute Gasteiger partial charge is 0.159 e. The van der Waals surface area contributed by atoms with Crippen LogP contribution in [-0.4, -0.2) is 14.5 Å². The maximum absolute atomic E-state index is 10.8. The van der Waals surface area contributed by atoms with Crippen LogP contribution >= 0.6 is 0 Å². The normalized spacial score (nSPS) is 12.5. The summed E-state index contributed by atoms with van der Waals surface area (Å²) in [5, 5.41) is 0. The van der Waals surface area contributed by atoms with Crippen molar-refractivity contribution in [2.24, 2.45) is 0 Å². The molecule has 0 saturated carbocycles. The van der Waals surface area contributed by atoms with E-state index >= 15 is 0 Å². The lowest BCUT2D eigenvalue weighted by molar-refractivity contribution is 0.101. The average molecular weight is 183 g/mol. The zero-order chi connectivity index (χ0) is 9.14. The van der Waals surface area contributed by atoms with Crippen LogP contribution < -0.4 is 0 Å². The Morgan fingerprint density at radius 2 is 1.83 bits per heavy atom. The summed E-state index contributed by atoms with van der Waals surface area (Å²) in [7, 11) is 0. The minimum atomic E-state index is -2.21. The van der Waals surface area contributed by atoms with E-state index in [1.54, 1.807) is 0 Å². The van der Waals surface area contributed by atoms with Crippen molar-refractivity contribution in [1.82, 2.24) is 0 Å². The Balaban J connectivity index is 3.01. The monoisotopic (exact) mass is 183 g/mol. The van der Waals surface area contributed by atoms with Crippen LogP contribution in [0.1, 0.15) is 17.3 Å². The van der Waals surface area contributed by atoms with E-state index in [2.05, 4.69) is 0 Å². The van der Waals surface area contributed by atoms with Crippen molar-refractivity contribution >= 4 is 16.9 Å². The van der Waals surface area contributed by atoms with Crippen molar-refractivity contribution in [3.05, 3.63) is 29.8 Å². The predicted octanol–water partition coefficient (Wildman–Crippen LogP) is 1.13. The molecular weight excluding hydrogens is 176 g/mol. The van der Waals surface area contributed by atoms with Crippen LogP contribution in [0.2, 0.25) is 0 Å². The molecule has 0 amide bonds. The highest BCUT2D eigenvalue weighted by molar-refractivity contribution is 7.79. The lowest BCUT2D eigenvalue weighted by atomic mass is 10.2. The summed E-state index contributed by atoms with van der Waals surface area (Å²) >= 11 is -2.21. The average Bonchev–Trinajstić information content (AvgIpc) is 2.04. The first kappa shape index (κ1) is 9.09. The Kier molecular flexibility index (Phi) is 2.73. The first-order valence-corrected chi connectivity index (χ1v) is 4.39. The van der Waals surface area contributed by atoms with Crippen molar-refractivity contribution in [2.75, 3.05) is 0 Å². The molecule has 1 aromatic rings.